The van der Waals surface area contributed by atoms with Gasteiger partial charge in [0.25, 0.3) is 5.91 Å². The summed E-state index contributed by atoms with van der Waals surface area (Å²) >= 11 is 7.26. The number of aryl methyl sites for hydroxylation is 1. The lowest BCUT2D eigenvalue weighted by Crippen LogP contribution is -2.25. The Hall–Kier alpha value is -4.27. The van der Waals surface area contributed by atoms with Crippen LogP contribution < -0.4 is 5.32 Å². The molecule has 0 bridgehead atoms. The summed E-state index contributed by atoms with van der Waals surface area (Å²) < 4.78 is 7.54. The molecule has 1 N–H and O–H groups in total. The normalized spacial score (nSPS) is 11.8. The van der Waals surface area contributed by atoms with E-state index in [2.05, 4.69) is 10.4 Å². The first-order valence-corrected chi connectivity index (χ1v) is 12.9. The van der Waals surface area contributed by atoms with E-state index in [0.29, 0.717) is 26.7 Å². The number of esters is 1. The Morgan fingerprint density at radius 2 is 1.71 bits per heavy atom. The van der Waals surface area contributed by atoms with Gasteiger partial charge in [-0.1, -0.05) is 54.1 Å². The standard InChI is InChI=1S/C29H22ClN3O4S/c1-17-24-16-25(38-28(24)33(32-17)23-13-11-21(30)12-14-23)29(36)37-26(19-7-4-3-5-8-19)27(35)31-22-10-6-9-20(15-22)18(2)34/h3-16,26H,1-2H3,(H,31,35)/t26-/m0/s1. The zero-order valence-electron chi connectivity index (χ0n) is 20.5. The van der Waals surface area contributed by atoms with Crippen LogP contribution in [0, 0.1) is 6.92 Å². The summed E-state index contributed by atoms with van der Waals surface area (Å²) in [6.45, 7) is 3.32. The number of carbonyl (C=O) groups is 3. The van der Waals surface area contributed by atoms with Crippen molar-refractivity contribution < 1.29 is 19.1 Å². The molecule has 5 rings (SSSR count). The summed E-state index contributed by atoms with van der Waals surface area (Å²) in [5.74, 6) is -1.28. The molecule has 7 nitrogen and oxygen atoms in total. The van der Waals surface area contributed by atoms with Gasteiger partial charge in [-0.3, -0.25) is 9.59 Å². The molecule has 0 aliphatic heterocycles. The Bertz CT molecular complexity index is 1660. The molecule has 9 heteroatoms. The highest BCUT2D eigenvalue weighted by atomic mass is 35.5. The molecule has 0 spiro atoms. The molecule has 0 saturated carbocycles. The van der Waals surface area contributed by atoms with E-state index in [4.69, 9.17) is 16.3 Å². The van der Waals surface area contributed by atoms with Crippen LogP contribution in [-0.4, -0.2) is 27.4 Å². The molecule has 3 aromatic carbocycles. The molecule has 2 aromatic heterocycles. The van der Waals surface area contributed by atoms with Gasteiger partial charge < -0.3 is 10.1 Å². The van der Waals surface area contributed by atoms with E-state index in [1.165, 1.54) is 18.3 Å². The Morgan fingerprint density at radius 1 is 0.974 bits per heavy atom. The molecule has 0 aliphatic carbocycles. The van der Waals surface area contributed by atoms with Crippen molar-refractivity contribution in [3.8, 4) is 5.69 Å². The van der Waals surface area contributed by atoms with Gasteiger partial charge in [-0.05, 0) is 56.3 Å². The Kier molecular flexibility index (Phi) is 7.09. The second-order valence-corrected chi connectivity index (χ2v) is 10.1. The van der Waals surface area contributed by atoms with Crippen LogP contribution in [0.2, 0.25) is 5.02 Å². The highest BCUT2D eigenvalue weighted by Gasteiger charge is 2.27. The smallest absolute Gasteiger partial charge is 0.349 e. The van der Waals surface area contributed by atoms with Crippen LogP contribution in [0.3, 0.4) is 0 Å². The zero-order valence-corrected chi connectivity index (χ0v) is 22.0. The van der Waals surface area contributed by atoms with Crippen molar-refractivity contribution >= 4 is 56.5 Å². The third-order valence-electron chi connectivity index (χ3n) is 5.92. The number of amides is 1. The summed E-state index contributed by atoms with van der Waals surface area (Å²) in [5, 5.41) is 8.80. The Balaban J connectivity index is 1.44. The molecule has 1 amide bonds. The first-order valence-electron chi connectivity index (χ1n) is 11.7. The number of anilines is 1. The van der Waals surface area contributed by atoms with Crippen molar-refractivity contribution in [3.05, 3.63) is 112 Å². The molecule has 1 atom stereocenters. The minimum absolute atomic E-state index is 0.121. The molecule has 38 heavy (non-hydrogen) atoms. The number of nitrogens with zero attached hydrogens (tertiary/aromatic N) is 2. The van der Waals surface area contributed by atoms with Crippen LogP contribution in [0.25, 0.3) is 15.9 Å². The molecule has 0 fully saturated rings. The van der Waals surface area contributed by atoms with E-state index in [1.807, 2.05) is 25.1 Å². The van der Waals surface area contributed by atoms with Gasteiger partial charge in [-0.2, -0.15) is 5.10 Å². The van der Waals surface area contributed by atoms with Crippen molar-refractivity contribution in [2.75, 3.05) is 5.32 Å². The highest BCUT2D eigenvalue weighted by molar-refractivity contribution is 7.20. The number of hydrogen-bond acceptors (Lipinski definition) is 6. The lowest BCUT2D eigenvalue weighted by molar-refractivity contribution is -0.125. The van der Waals surface area contributed by atoms with Crippen LogP contribution in [-0.2, 0) is 9.53 Å². The first kappa shape index (κ1) is 25.4. The molecule has 0 radical (unpaired) electrons. The van der Waals surface area contributed by atoms with Gasteiger partial charge in [0.15, 0.2) is 5.78 Å². The van der Waals surface area contributed by atoms with Crippen molar-refractivity contribution in [3.63, 3.8) is 0 Å². The van der Waals surface area contributed by atoms with Crippen LogP contribution in [0.15, 0.2) is 84.9 Å². The number of hydrogen-bond donors (Lipinski definition) is 1. The molecule has 0 unspecified atom stereocenters. The maximum absolute atomic E-state index is 13.3. The molecule has 190 valence electrons. The van der Waals surface area contributed by atoms with Crippen molar-refractivity contribution in [2.45, 2.75) is 20.0 Å². The maximum atomic E-state index is 13.3. The summed E-state index contributed by atoms with van der Waals surface area (Å²) in [5.41, 5.74) is 2.98. The number of rotatable bonds is 7. The van der Waals surface area contributed by atoms with Gasteiger partial charge in [0, 0.05) is 27.2 Å². The predicted molar refractivity (Wildman–Crippen MR) is 148 cm³/mol. The van der Waals surface area contributed by atoms with E-state index < -0.39 is 18.0 Å². The van der Waals surface area contributed by atoms with Gasteiger partial charge in [-0.15, -0.1) is 11.3 Å². The van der Waals surface area contributed by atoms with Crippen molar-refractivity contribution in [2.24, 2.45) is 0 Å². The second-order valence-electron chi connectivity index (χ2n) is 8.63. The molecule has 5 aromatic rings. The Labute approximate surface area is 227 Å². The van der Waals surface area contributed by atoms with E-state index in [9.17, 15) is 14.4 Å². The number of aromatic nitrogens is 2. The van der Waals surface area contributed by atoms with Gasteiger partial charge in [0.1, 0.15) is 9.71 Å². The number of fused-ring (bicyclic) bond motifs is 1. The number of nitrogens with one attached hydrogen (secondary N) is 1. The van der Waals surface area contributed by atoms with E-state index in [-0.39, 0.29) is 5.78 Å². The third kappa shape index (κ3) is 5.22. The monoisotopic (exact) mass is 543 g/mol. The number of Topliss-reactive ketones (excluding diaryl/α,β-unsaturated/α-hetero) is 1. The summed E-state index contributed by atoms with van der Waals surface area (Å²) in [6, 6.07) is 24.4. The fourth-order valence-corrected chi connectivity index (χ4v) is 5.19. The molecule has 2 heterocycles. The average Bonchev–Trinajstić information content (AvgIpc) is 3.49. The van der Waals surface area contributed by atoms with Gasteiger partial charge in [0.2, 0.25) is 6.10 Å². The quantitative estimate of drug-likeness (QED) is 0.180. The van der Waals surface area contributed by atoms with Crippen LogP contribution in [0.5, 0.6) is 0 Å². The second kappa shape index (κ2) is 10.6. The fourth-order valence-electron chi connectivity index (χ4n) is 3.99. The minimum atomic E-state index is -1.20. The number of halogens is 1. The van der Waals surface area contributed by atoms with Crippen molar-refractivity contribution in [1.82, 2.24) is 9.78 Å². The summed E-state index contributed by atoms with van der Waals surface area (Å²) in [6.07, 6.45) is -1.20. The third-order valence-corrected chi connectivity index (χ3v) is 7.26. The number of ether oxygens (including phenoxy) is 1. The topological polar surface area (TPSA) is 90.3 Å². The number of benzene rings is 3. The number of thiophene rings is 1. The number of carbonyl (C=O) groups excluding carboxylic acids is 3. The maximum Gasteiger partial charge on any atom is 0.349 e. The zero-order chi connectivity index (χ0) is 26.8. The van der Waals surface area contributed by atoms with Crippen LogP contribution in [0.4, 0.5) is 5.69 Å². The van der Waals surface area contributed by atoms with Crippen molar-refractivity contribution in [1.29, 1.82) is 0 Å². The lowest BCUT2D eigenvalue weighted by Gasteiger charge is -2.18. The average molecular weight is 544 g/mol. The molecule has 0 aliphatic rings. The van der Waals surface area contributed by atoms with Gasteiger partial charge >= 0.3 is 5.97 Å². The molecular formula is C29H22ClN3O4S. The van der Waals surface area contributed by atoms with Crippen LogP contribution in [0.1, 0.15) is 44.3 Å². The SMILES string of the molecule is CC(=O)c1cccc(NC(=O)[C@@H](OC(=O)c2cc3c(C)nn(-c4ccc(Cl)cc4)c3s2)c2ccccc2)c1. The summed E-state index contributed by atoms with van der Waals surface area (Å²) in [4.78, 5) is 39.5. The minimum Gasteiger partial charge on any atom is -0.443 e. The first-order chi connectivity index (χ1) is 18.3. The molecule has 0 saturated heterocycles. The van der Waals surface area contributed by atoms with Crippen LogP contribution >= 0.6 is 22.9 Å². The van der Waals surface area contributed by atoms with Gasteiger partial charge in [0.05, 0.1) is 11.4 Å². The van der Waals surface area contributed by atoms with E-state index in [0.717, 1.165) is 21.6 Å². The summed E-state index contributed by atoms with van der Waals surface area (Å²) in [7, 11) is 0. The lowest BCUT2D eigenvalue weighted by atomic mass is 10.1. The predicted octanol–water partition coefficient (Wildman–Crippen LogP) is 6.79. The van der Waals surface area contributed by atoms with E-state index >= 15 is 0 Å². The van der Waals surface area contributed by atoms with E-state index in [1.54, 1.807) is 71.4 Å². The molecular weight excluding hydrogens is 522 g/mol. The highest BCUT2D eigenvalue weighted by Crippen LogP contribution is 2.32. The largest absolute Gasteiger partial charge is 0.443 e. The fraction of sp³-hybridized carbons (Fsp3) is 0.103. The number of ketones is 1. The Morgan fingerprint density at radius 3 is 2.42 bits per heavy atom. The van der Waals surface area contributed by atoms with Gasteiger partial charge in [-0.25, -0.2) is 9.48 Å².